The molecule has 1 aliphatic carbocycles. The molecule has 88 valence electrons. The molecule has 0 aromatic carbocycles. The molecule has 4 nitrogen and oxygen atoms in total. The lowest BCUT2D eigenvalue weighted by atomic mass is 9.96. The molecular weight excluding hydrogens is 194 g/mol. The van der Waals surface area contributed by atoms with Gasteiger partial charge in [-0.15, -0.1) is 0 Å². The fourth-order valence-corrected chi connectivity index (χ4v) is 2.18. The van der Waals surface area contributed by atoms with E-state index in [0.717, 1.165) is 19.3 Å². The third-order valence-corrected chi connectivity index (χ3v) is 2.98. The van der Waals surface area contributed by atoms with Gasteiger partial charge in [0.05, 0.1) is 12.5 Å². The summed E-state index contributed by atoms with van der Waals surface area (Å²) < 4.78 is 10.2. The van der Waals surface area contributed by atoms with Gasteiger partial charge in [-0.3, -0.25) is 4.79 Å². The summed E-state index contributed by atoms with van der Waals surface area (Å²) in [6.45, 7) is 2.87. The van der Waals surface area contributed by atoms with Crippen molar-refractivity contribution in [3.63, 3.8) is 0 Å². The number of carbonyl (C=O) groups excluding carboxylic acids is 1. The molecule has 1 rings (SSSR count). The van der Waals surface area contributed by atoms with Gasteiger partial charge in [0.2, 0.25) is 0 Å². The fourth-order valence-electron chi connectivity index (χ4n) is 2.18. The Labute approximate surface area is 91.1 Å². The second-order valence-corrected chi connectivity index (χ2v) is 4.24. The van der Waals surface area contributed by atoms with E-state index < -0.39 is 0 Å². The van der Waals surface area contributed by atoms with Gasteiger partial charge >= 0.3 is 5.97 Å². The van der Waals surface area contributed by atoms with E-state index in [1.54, 1.807) is 7.11 Å². The highest BCUT2D eigenvalue weighted by atomic mass is 16.6. The van der Waals surface area contributed by atoms with Crippen LogP contribution in [0.25, 0.3) is 0 Å². The molecule has 0 spiro atoms. The van der Waals surface area contributed by atoms with Gasteiger partial charge in [0, 0.05) is 7.11 Å². The lowest BCUT2D eigenvalue weighted by Gasteiger charge is -2.19. The number of methoxy groups -OCH3 is 1. The van der Waals surface area contributed by atoms with Crippen molar-refractivity contribution < 1.29 is 14.3 Å². The molecule has 1 aliphatic rings. The summed E-state index contributed by atoms with van der Waals surface area (Å²) >= 11 is 0. The highest BCUT2D eigenvalue weighted by Crippen LogP contribution is 2.32. The average molecular weight is 215 g/mol. The van der Waals surface area contributed by atoms with Gasteiger partial charge in [0.25, 0.3) is 0 Å². The highest BCUT2D eigenvalue weighted by molar-refractivity contribution is 5.73. The predicted octanol–water partition coefficient (Wildman–Crippen LogP) is 0.940. The van der Waals surface area contributed by atoms with E-state index in [-0.39, 0.29) is 18.0 Å². The van der Waals surface area contributed by atoms with Crippen LogP contribution in [0.3, 0.4) is 0 Å². The molecule has 0 aromatic rings. The number of nitrogens with two attached hydrogens (primary N) is 1. The lowest BCUT2D eigenvalue weighted by molar-refractivity contribution is -0.156. The first kappa shape index (κ1) is 12.5. The molecule has 1 saturated carbocycles. The largest absolute Gasteiger partial charge is 0.460 e. The van der Waals surface area contributed by atoms with Crippen molar-refractivity contribution >= 4 is 5.97 Å². The molecule has 0 radical (unpaired) electrons. The van der Waals surface area contributed by atoms with Crippen LogP contribution in [0.2, 0.25) is 0 Å². The highest BCUT2D eigenvalue weighted by Gasteiger charge is 2.33. The summed E-state index contributed by atoms with van der Waals surface area (Å²) in [5.74, 6) is 0.217. The first-order valence-corrected chi connectivity index (χ1v) is 5.58. The number of esters is 1. The molecule has 4 heteroatoms. The van der Waals surface area contributed by atoms with E-state index in [1.165, 1.54) is 0 Å². The molecule has 0 bridgehead atoms. The monoisotopic (exact) mass is 215 g/mol. The fraction of sp³-hybridized carbons (Fsp3) is 0.909. The van der Waals surface area contributed by atoms with Crippen LogP contribution in [-0.4, -0.2) is 32.3 Å². The summed E-state index contributed by atoms with van der Waals surface area (Å²) in [6, 6.07) is 0. The SMILES string of the molecule is COCC(C)OC(=O)C1CCCC1CN. The lowest BCUT2D eigenvalue weighted by Crippen LogP contribution is -2.30. The minimum absolute atomic E-state index is 0.00862. The van der Waals surface area contributed by atoms with Crippen molar-refractivity contribution in [3.8, 4) is 0 Å². The zero-order chi connectivity index (χ0) is 11.3. The zero-order valence-corrected chi connectivity index (χ0v) is 9.57. The predicted molar refractivity (Wildman–Crippen MR) is 57.3 cm³/mol. The van der Waals surface area contributed by atoms with Crippen LogP contribution in [0.1, 0.15) is 26.2 Å². The molecule has 0 saturated heterocycles. The van der Waals surface area contributed by atoms with Crippen LogP contribution >= 0.6 is 0 Å². The number of ether oxygens (including phenoxy) is 2. The van der Waals surface area contributed by atoms with Crippen LogP contribution in [0.15, 0.2) is 0 Å². The summed E-state index contributed by atoms with van der Waals surface area (Å²) in [5, 5.41) is 0. The van der Waals surface area contributed by atoms with E-state index in [2.05, 4.69) is 0 Å². The Kier molecular flexibility index (Phi) is 5.05. The summed E-state index contributed by atoms with van der Waals surface area (Å²) in [5.41, 5.74) is 5.62. The average Bonchev–Trinajstić information content (AvgIpc) is 2.65. The van der Waals surface area contributed by atoms with Crippen molar-refractivity contribution in [1.29, 1.82) is 0 Å². The van der Waals surface area contributed by atoms with Crippen molar-refractivity contribution in [1.82, 2.24) is 0 Å². The van der Waals surface area contributed by atoms with Crippen molar-refractivity contribution in [3.05, 3.63) is 0 Å². The van der Waals surface area contributed by atoms with Crippen LogP contribution in [0, 0.1) is 11.8 Å². The van der Waals surface area contributed by atoms with Gasteiger partial charge in [0.1, 0.15) is 6.10 Å². The van der Waals surface area contributed by atoms with E-state index >= 15 is 0 Å². The number of hydrogen-bond donors (Lipinski definition) is 1. The van der Waals surface area contributed by atoms with Gasteiger partial charge in [-0.1, -0.05) is 6.42 Å². The quantitative estimate of drug-likeness (QED) is 0.693. The Balaban J connectivity index is 2.38. The van der Waals surface area contributed by atoms with Crippen LogP contribution in [0.4, 0.5) is 0 Å². The molecule has 15 heavy (non-hydrogen) atoms. The molecule has 1 fully saturated rings. The van der Waals surface area contributed by atoms with Crippen molar-refractivity contribution in [2.75, 3.05) is 20.3 Å². The van der Waals surface area contributed by atoms with E-state index in [4.69, 9.17) is 15.2 Å². The normalized spacial score (nSPS) is 27.7. The summed E-state index contributed by atoms with van der Waals surface area (Å²) in [4.78, 5) is 11.8. The molecule has 0 amide bonds. The Bertz CT molecular complexity index is 208. The van der Waals surface area contributed by atoms with E-state index in [0.29, 0.717) is 19.1 Å². The van der Waals surface area contributed by atoms with Crippen molar-refractivity contribution in [2.45, 2.75) is 32.3 Å². The number of rotatable bonds is 5. The maximum Gasteiger partial charge on any atom is 0.309 e. The molecule has 2 N–H and O–H groups in total. The van der Waals surface area contributed by atoms with E-state index in [1.807, 2.05) is 6.92 Å². The molecule has 3 unspecified atom stereocenters. The minimum Gasteiger partial charge on any atom is -0.460 e. The van der Waals surface area contributed by atoms with Crippen LogP contribution < -0.4 is 5.73 Å². The van der Waals surface area contributed by atoms with Gasteiger partial charge in [-0.2, -0.15) is 0 Å². The third-order valence-electron chi connectivity index (χ3n) is 2.98. The Morgan fingerprint density at radius 2 is 2.27 bits per heavy atom. The Morgan fingerprint density at radius 3 is 2.87 bits per heavy atom. The zero-order valence-electron chi connectivity index (χ0n) is 9.57. The molecule has 3 atom stereocenters. The summed E-state index contributed by atoms with van der Waals surface area (Å²) in [6.07, 6.45) is 2.89. The maximum absolute atomic E-state index is 11.8. The molecule has 0 aromatic heterocycles. The maximum atomic E-state index is 11.8. The first-order chi connectivity index (χ1) is 7.19. The molecule has 0 aliphatic heterocycles. The van der Waals surface area contributed by atoms with Crippen LogP contribution in [0.5, 0.6) is 0 Å². The Hall–Kier alpha value is -0.610. The topological polar surface area (TPSA) is 61.5 Å². The van der Waals surface area contributed by atoms with Gasteiger partial charge in [0.15, 0.2) is 0 Å². The second-order valence-electron chi connectivity index (χ2n) is 4.24. The number of carbonyl (C=O) groups is 1. The molecular formula is C11H21NO3. The van der Waals surface area contributed by atoms with Gasteiger partial charge in [-0.05, 0) is 32.2 Å². The van der Waals surface area contributed by atoms with Crippen LogP contribution in [-0.2, 0) is 14.3 Å². The first-order valence-electron chi connectivity index (χ1n) is 5.58. The van der Waals surface area contributed by atoms with E-state index in [9.17, 15) is 4.79 Å². The standard InChI is InChI=1S/C11H21NO3/c1-8(7-14-2)15-11(13)10-5-3-4-9(10)6-12/h8-10H,3-7,12H2,1-2H3. The third kappa shape index (κ3) is 3.47. The van der Waals surface area contributed by atoms with Gasteiger partial charge < -0.3 is 15.2 Å². The smallest absolute Gasteiger partial charge is 0.309 e. The Morgan fingerprint density at radius 1 is 1.53 bits per heavy atom. The number of hydrogen-bond acceptors (Lipinski definition) is 4. The minimum atomic E-state index is -0.165. The molecule has 0 heterocycles. The van der Waals surface area contributed by atoms with Gasteiger partial charge in [-0.25, -0.2) is 0 Å². The van der Waals surface area contributed by atoms with Crippen molar-refractivity contribution in [2.24, 2.45) is 17.6 Å². The second kappa shape index (κ2) is 6.08. The summed E-state index contributed by atoms with van der Waals surface area (Å²) in [7, 11) is 1.60.